The lowest BCUT2D eigenvalue weighted by Crippen LogP contribution is -2.16. The maximum absolute atomic E-state index is 13.1. The van der Waals surface area contributed by atoms with Crippen LogP contribution in [0.25, 0.3) is 0 Å². The number of anilines is 1. The summed E-state index contributed by atoms with van der Waals surface area (Å²) in [7, 11) is 0. The van der Waals surface area contributed by atoms with E-state index in [1.54, 1.807) is 11.8 Å². The third kappa shape index (κ3) is 4.60. The van der Waals surface area contributed by atoms with Gasteiger partial charge in [-0.05, 0) is 31.4 Å². The molecular formula is C11H15FN2O2S. The zero-order chi connectivity index (χ0) is 12.8. The summed E-state index contributed by atoms with van der Waals surface area (Å²) >= 11 is 1.73. The van der Waals surface area contributed by atoms with E-state index in [0.717, 1.165) is 18.2 Å². The smallest absolute Gasteiger partial charge is 0.274 e. The minimum absolute atomic E-state index is 0.156. The fourth-order valence-electron chi connectivity index (χ4n) is 1.41. The molecule has 0 aliphatic carbocycles. The standard InChI is InChI=1S/C11H15FN2O2S/c1-8(3-4-17-2)13-10-5-9(12)6-11(7-10)14(15)16/h5-8,13H,3-4H2,1-2H3. The Kier molecular flexibility index (Phi) is 5.21. The Labute approximate surface area is 104 Å². The lowest BCUT2D eigenvalue weighted by Gasteiger charge is -2.14. The van der Waals surface area contributed by atoms with E-state index in [0.29, 0.717) is 5.69 Å². The number of thioether (sulfide) groups is 1. The minimum Gasteiger partial charge on any atom is -0.382 e. The third-order valence-electron chi connectivity index (χ3n) is 2.26. The second-order valence-corrected chi connectivity index (χ2v) is 4.77. The SMILES string of the molecule is CSCCC(C)Nc1cc(F)cc([N+](=O)[O-])c1. The minimum atomic E-state index is -0.598. The van der Waals surface area contributed by atoms with Crippen molar-refractivity contribution in [1.82, 2.24) is 0 Å². The molecule has 4 nitrogen and oxygen atoms in total. The molecule has 0 heterocycles. The topological polar surface area (TPSA) is 55.2 Å². The monoisotopic (exact) mass is 258 g/mol. The zero-order valence-electron chi connectivity index (χ0n) is 9.77. The van der Waals surface area contributed by atoms with Gasteiger partial charge in [0, 0.05) is 17.8 Å². The van der Waals surface area contributed by atoms with Crippen LogP contribution in [0.3, 0.4) is 0 Å². The van der Waals surface area contributed by atoms with Crippen LogP contribution in [0.15, 0.2) is 18.2 Å². The molecule has 0 radical (unpaired) electrons. The van der Waals surface area contributed by atoms with Crippen LogP contribution in [-0.2, 0) is 0 Å². The maximum atomic E-state index is 13.1. The molecule has 1 rings (SSSR count). The highest BCUT2D eigenvalue weighted by Crippen LogP contribution is 2.21. The van der Waals surface area contributed by atoms with Crippen LogP contribution >= 0.6 is 11.8 Å². The summed E-state index contributed by atoms with van der Waals surface area (Å²) in [6.45, 7) is 1.97. The second-order valence-electron chi connectivity index (χ2n) is 3.78. The van der Waals surface area contributed by atoms with Crippen LogP contribution in [0.2, 0.25) is 0 Å². The molecule has 6 heteroatoms. The largest absolute Gasteiger partial charge is 0.382 e. The fraction of sp³-hybridized carbons (Fsp3) is 0.455. The van der Waals surface area contributed by atoms with Crippen LogP contribution in [0.4, 0.5) is 15.8 Å². The molecule has 0 amide bonds. The van der Waals surface area contributed by atoms with E-state index in [-0.39, 0.29) is 11.7 Å². The number of nitro groups is 1. The van der Waals surface area contributed by atoms with Crippen molar-refractivity contribution in [3.8, 4) is 0 Å². The van der Waals surface area contributed by atoms with E-state index in [1.807, 2.05) is 13.2 Å². The number of hydrogen-bond donors (Lipinski definition) is 1. The van der Waals surface area contributed by atoms with Gasteiger partial charge in [0.25, 0.3) is 5.69 Å². The molecular weight excluding hydrogens is 243 g/mol. The van der Waals surface area contributed by atoms with Gasteiger partial charge in [0.2, 0.25) is 0 Å². The number of rotatable bonds is 6. The van der Waals surface area contributed by atoms with Crippen molar-refractivity contribution in [3.63, 3.8) is 0 Å². The highest BCUT2D eigenvalue weighted by Gasteiger charge is 2.11. The van der Waals surface area contributed by atoms with Crippen molar-refractivity contribution in [2.24, 2.45) is 0 Å². The van der Waals surface area contributed by atoms with Gasteiger partial charge in [0.1, 0.15) is 5.82 Å². The number of nitrogens with zero attached hydrogens (tertiary/aromatic N) is 1. The average molecular weight is 258 g/mol. The van der Waals surface area contributed by atoms with Gasteiger partial charge in [-0.25, -0.2) is 4.39 Å². The van der Waals surface area contributed by atoms with Crippen LogP contribution in [0, 0.1) is 15.9 Å². The highest BCUT2D eigenvalue weighted by molar-refractivity contribution is 7.98. The van der Waals surface area contributed by atoms with E-state index in [1.165, 1.54) is 12.1 Å². The first-order valence-electron chi connectivity index (χ1n) is 5.23. The van der Waals surface area contributed by atoms with Gasteiger partial charge in [-0.3, -0.25) is 10.1 Å². The Morgan fingerprint density at radius 3 is 2.82 bits per heavy atom. The predicted octanol–water partition coefficient (Wildman–Crippen LogP) is 3.29. The van der Waals surface area contributed by atoms with Gasteiger partial charge in [-0.15, -0.1) is 0 Å². The predicted molar refractivity (Wildman–Crippen MR) is 69.1 cm³/mol. The summed E-state index contributed by atoms with van der Waals surface area (Å²) in [6, 6.07) is 3.68. The summed E-state index contributed by atoms with van der Waals surface area (Å²) in [6.07, 6.45) is 2.94. The molecule has 94 valence electrons. The molecule has 0 saturated carbocycles. The molecule has 0 bridgehead atoms. The Morgan fingerprint density at radius 2 is 2.24 bits per heavy atom. The summed E-state index contributed by atoms with van der Waals surface area (Å²) in [5.41, 5.74) is 0.217. The van der Waals surface area contributed by atoms with E-state index >= 15 is 0 Å². The molecule has 0 aliphatic heterocycles. The highest BCUT2D eigenvalue weighted by atomic mass is 32.2. The summed E-state index contributed by atoms with van der Waals surface area (Å²) in [4.78, 5) is 9.97. The third-order valence-corrected chi connectivity index (χ3v) is 2.91. The molecule has 0 fully saturated rings. The summed E-state index contributed by atoms with van der Waals surface area (Å²) in [5.74, 6) is 0.393. The maximum Gasteiger partial charge on any atom is 0.274 e. The molecule has 1 atom stereocenters. The van der Waals surface area contributed by atoms with Gasteiger partial charge in [-0.2, -0.15) is 11.8 Å². The normalized spacial score (nSPS) is 12.2. The molecule has 0 spiro atoms. The summed E-state index contributed by atoms with van der Waals surface area (Å²) in [5, 5.41) is 13.6. The molecule has 0 aromatic heterocycles. The number of non-ortho nitro benzene ring substituents is 1. The Hall–Kier alpha value is -1.30. The van der Waals surface area contributed by atoms with Crippen molar-refractivity contribution in [2.45, 2.75) is 19.4 Å². The number of halogens is 1. The average Bonchev–Trinajstić information content (AvgIpc) is 2.25. The van der Waals surface area contributed by atoms with Crippen molar-refractivity contribution in [2.75, 3.05) is 17.3 Å². The molecule has 17 heavy (non-hydrogen) atoms. The molecule has 1 N–H and O–H groups in total. The van der Waals surface area contributed by atoms with E-state index in [4.69, 9.17) is 0 Å². The Balaban J connectivity index is 2.73. The zero-order valence-corrected chi connectivity index (χ0v) is 10.6. The lowest BCUT2D eigenvalue weighted by molar-refractivity contribution is -0.385. The lowest BCUT2D eigenvalue weighted by atomic mass is 10.2. The van der Waals surface area contributed by atoms with Crippen molar-refractivity contribution >= 4 is 23.1 Å². The van der Waals surface area contributed by atoms with Crippen LogP contribution in [0.1, 0.15) is 13.3 Å². The van der Waals surface area contributed by atoms with Crippen molar-refractivity contribution < 1.29 is 9.31 Å². The second kappa shape index (κ2) is 6.44. The number of hydrogen-bond acceptors (Lipinski definition) is 4. The number of benzene rings is 1. The van der Waals surface area contributed by atoms with E-state index < -0.39 is 10.7 Å². The molecule has 1 aromatic rings. The van der Waals surface area contributed by atoms with Crippen LogP contribution in [-0.4, -0.2) is 23.0 Å². The summed E-state index contributed by atoms with van der Waals surface area (Å²) < 4.78 is 13.1. The van der Waals surface area contributed by atoms with Crippen molar-refractivity contribution in [1.29, 1.82) is 0 Å². The molecule has 0 saturated heterocycles. The molecule has 1 aromatic carbocycles. The van der Waals surface area contributed by atoms with Gasteiger partial charge >= 0.3 is 0 Å². The van der Waals surface area contributed by atoms with Gasteiger partial charge in [0.05, 0.1) is 11.0 Å². The van der Waals surface area contributed by atoms with E-state index in [9.17, 15) is 14.5 Å². The van der Waals surface area contributed by atoms with Crippen LogP contribution < -0.4 is 5.32 Å². The van der Waals surface area contributed by atoms with Gasteiger partial charge in [0.15, 0.2) is 0 Å². The van der Waals surface area contributed by atoms with E-state index in [2.05, 4.69) is 5.32 Å². The molecule has 1 unspecified atom stereocenters. The molecule has 0 aliphatic rings. The van der Waals surface area contributed by atoms with Gasteiger partial charge < -0.3 is 5.32 Å². The number of nitro benzene ring substituents is 1. The first kappa shape index (κ1) is 13.8. The Bertz CT molecular complexity index is 401. The van der Waals surface area contributed by atoms with Crippen molar-refractivity contribution in [3.05, 3.63) is 34.1 Å². The quantitative estimate of drug-likeness (QED) is 0.628. The van der Waals surface area contributed by atoms with Gasteiger partial charge in [-0.1, -0.05) is 0 Å². The first-order chi connectivity index (χ1) is 8.02. The Morgan fingerprint density at radius 1 is 1.53 bits per heavy atom. The fourth-order valence-corrected chi connectivity index (χ4v) is 2.00. The number of nitrogens with one attached hydrogen (secondary N) is 1. The van der Waals surface area contributed by atoms with Crippen LogP contribution in [0.5, 0.6) is 0 Å². The first-order valence-corrected chi connectivity index (χ1v) is 6.62.